The van der Waals surface area contributed by atoms with Gasteiger partial charge in [0.2, 0.25) is 5.91 Å². The van der Waals surface area contributed by atoms with Crippen LogP contribution in [0.4, 0.5) is 10.1 Å². The zero-order chi connectivity index (χ0) is 17.6. The largest absolute Gasteiger partial charge is 0.349 e. The molecule has 0 aliphatic heterocycles. The fraction of sp³-hybridized carbons (Fsp3) is 0.263. The number of thioether (sulfide) groups is 1. The molecule has 0 radical (unpaired) electrons. The van der Waals surface area contributed by atoms with Crippen molar-refractivity contribution in [2.75, 3.05) is 11.1 Å². The van der Waals surface area contributed by atoms with Crippen molar-refractivity contribution in [3.63, 3.8) is 0 Å². The fourth-order valence-electron chi connectivity index (χ4n) is 2.27. The van der Waals surface area contributed by atoms with Crippen molar-refractivity contribution < 1.29 is 14.0 Å². The molecule has 0 heterocycles. The third-order valence-electron chi connectivity index (χ3n) is 3.74. The number of halogens is 1. The molecule has 0 aromatic heterocycles. The van der Waals surface area contributed by atoms with E-state index in [0.717, 1.165) is 12.8 Å². The normalized spacial score (nSPS) is 13.3. The molecule has 2 amide bonds. The molecule has 1 fully saturated rings. The van der Waals surface area contributed by atoms with Gasteiger partial charge in [0, 0.05) is 34.4 Å². The summed E-state index contributed by atoms with van der Waals surface area (Å²) < 4.78 is 13.5. The average molecular weight is 358 g/mol. The Kier molecular flexibility index (Phi) is 5.71. The molecule has 25 heavy (non-hydrogen) atoms. The Morgan fingerprint density at radius 2 is 1.92 bits per heavy atom. The van der Waals surface area contributed by atoms with Gasteiger partial charge in [0.1, 0.15) is 5.82 Å². The van der Waals surface area contributed by atoms with Gasteiger partial charge in [0.05, 0.1) is 0 Å². The molecule has 0 unspecified atom stereocenters. The Balaban J connectivity index is 1.49. The molecular weight excluding hydrogens is 339 g/mol. The van der Waals surface area contributed by atoms with Crippen LogP contribution in [0.25, 0.3) is 0 Å². The van der Waals surface area contributed by atoms with Crippen molar-refractivity contribution in [1.82, 2.24) is 5.32 Å². The first kappa shape index (κ1) is 17.5. The van der Waals surface area contributed by atoms with Gasteiger partial charge in [-0.25, -0.2) is 4.39 Å². The number of nitrogens with one attached hydrogen (secondary N) is 2. The maximum atomic E-state index is 13.5. The Morgan fingerprint density at radius 3 is 2.68 bits per heavy atom. The van der Waals surface area contributed by atoms with E-state index in [1.165, 1.54) is 17.8 Å². The van der Waals surface area contributed by atoms with Crippen molar-refractivity contribution in [3.05, 3.63) is 59.9 Å². The predicted octanol–water partition coefficient (Wildman–Crippen LogP) is 3.84. The van der Waals surface area contributed by atoms with Crippen molar-refractivity contribution in [3.8, 4) is 0 Å². The molecule has 0 bridgehead atoms. The van der Waals surface area contributed by atoms with Crippen LogP contribution >= 0.6 is 11.8 Å². The highest BCUT2D eigenvalue weighted by molar-refractivity contribution is 7.99. The minimum atomic E-state index is -0.276. The van der Waals surface area contributed by atoms with Crippen molar-refractivity contribution in [2.45, 2.75) is 30.2 Å². The second-order valence-electron chi connectivity index (χ2n) is 5.91. The lowest BCUT2D eigenvalue weighted by Gasteiger charge is -2.08. The summed E-state index contributed by atoms with van der Waals surface area (Å²) in [5.74, 6) is -0.0752. The second kappa shape index (κ2) is 8.16. The highest BCUT2D eigenvalue weighted by Gasteiger charge is 2.23. The second-order valence-corrected chi connectivity index (χ2v) is 7.04. The van der Waals surface area contributed by atoms with E-state index in [0.29, 0.717) is 27.9 Å². The van der Waals surface area contributed by atoms with E-state index in [1.54, 1.807) is 42.5 Å². The first-order valence-corrected chi connectivity index (χ1v) is 9.18. The third kappa shape index (κ3) is 5.32. The molecule has 0 spiro atoms. The zero-order valence-electron chi connectivity index (χ0n) is 13.6. The average Bonchev–Trinajstić information content (AvgIpc) is 3.41. The van der Waals surface area contributed by atoms with E-state index in [2.05, 4.69) is 10.6 Å². The molecule has 130 valence electrons. The summed E-state index contributed by atoms with van der Waals surface area (Å²) in [5, 5.41) is 5.70. The maximum Gasteiger partial charge on any atom is 0.251 e. The first-order chi connectivity index (χ1) is 12.1. The van der Waals surface area contributed by atoms with Gasteiger partial charge in [-0.05, 0) is 43.2 Å². The van der Waals surface area contributed by atoms with Crippen molar-refractivity contribution >= 4 is 29.3 Å². The third-order valence-corrected chi connectivity index (χ3v) is 4.79. The zero-order valence-corrected chi connectivity index (χ0v) is 14.4. The van der Waals surface area contributed by atoms with Crippen LogP contribution in [0.3, 0.4) is 0 Å². The molecule has 4 nitrogen and oxygen atoms in total. The van der Waals surface area contributed by atoms with Crippen LogP contribution in [-0.4, -0.2) is 23.6 Å². The van der Waals surface area contributed by atoms with Crippen LogP contribution in [0, 0.1) is 5.82 Å². The molecule has 2 aromatic rings. The molecule has 1 aliphatic carbocycles. The van der Waals surface area contributed by atoms with E-state index >= 15 is 0 Å². The van der Waals surface area contributed by atoms with Crippen LogP contribution in [0.15, 0.2) is 53.4 Å². The Labute approximate surface area is 150 Å². The minimum absolute atomic E-state index is 0.117. The number of anilines is 1. The van der Waals surface area contributed by atoms with Crippen LogP contribution in [-0.2, 0) is 4.79 Å². The molecule has 1 aliphatic rings. The number of benzene rings is 2. The molecule has 6 heteroatoms. The topological polar surface area (TPSA) is 58.2 Å². The molecule has 0 atom stereocenters. The van der Waals surface area contributed by atoms with Gasteiger partial charge in [-0.15, -0.1) is 11.8 Å². The van der Waals surface area contributed by atoms with Crippen LogP contribution < -0.4 is 10.6 Å². The predicted molar refractivity (Wildman–Crippen MR) is 97.3 cm³/mol. The molecule has 3 rings (SSSR count). The van der Waals surface area contributed by atoms with Gasteiger partial charge in [-0.2, -0.15) is 0 Å². The van der Waals surface area contributed by atoms with E-state index in [4.69, 9.17) is 0 Å². The van der Waals surface area contributed by atoms with Crippen LogP contribution in [0.2, 0.25) is 0 Å². The summed E-state index contributed by atoms with van der Waals surface area (Å²) in [4.78, 5) is 24.6. The Morgan fingerprint density at radius 1 is 1.12 bits per heavy atom. The van der Waals surface area contributed by atoms with Crippen molar-refractivity contribution in [2.24, 2.45) is 0 Å². The highest BCUT2D eigenvalue weighted by Crippen LogP contribution is 2.22. The monoisotopic (exact) mass is 358 g/mol. The van der Waals surface area contributed by atoms with Gasteiger partial charge in [-0.1, -0.05) is 18.2 Å². The van der Waals surface area contributed by atoms with Crippen molar-refractivity contribution in [1.29, 1.82) is 0 Å². The molecule has 1 saturated carbocycles. The summed E-state index contributed by atoms with van der Waals surface area (Å²) in [6.07, 6.45) is 2.32. The smallest absolute Gasteiger partial charge is 0.251 e. The lowest BCUT2D eigenvalue weighted by atomic mass is 10.2. The molecule has 0 saturated heterocycles. The lowest BCUT2D eigenvalue weighted by Crippen LogP contribution is -2.25. The van der Waals surface area contributed by atoms with Gasteiger partial charge in [0.15, 0.2) is 0 Å². The molecule has 2 aromatic carbocycles. The van der Waals surface area contributed by atoms with Gasteiger partial charge in [-0.3, -0.25) is 9.59 Å². The lowest BCUT2D eigenvalue weighted by molar-refractivity contribution is -0.115. The van der Waals surface area contributed by atoms with Crippen LogP contribution in [0.5, 0.6) is 0 Å². The number of rotatable bonds is 7. The summed E-state index contributed by atoms with van der Waals surface area (Å²) >= 11 is 1.31. The molecular formula is C19H19FN2O2S. The van der Waals surface area contributed by atoms with Gasteiger partial charge >= 0.3 is 0 Å². The number of hydrogen-bond acceptors (Lipinski definition) is 3. The summed E-state index contributed by atoms with van der Waals surface area (Å²) in [5.41, 5.74) is 1.12. The van der Waals surface area contributed by atoms with E-state index < -0.39 is 0 Å². The summed E-state index contributed by atoms with van der Waals surface area (Å²) in [6, 6.07) is 13.7. The standard InChI is InChI=1S/C19H19FN2O2S/c20-16-6-1-2-7-17(16)25-11-10-18(23)21-15-5-3-4-13(12-15)19(24)22-14-8-9-14/h1-7,12,14H,8-11H2,(H,21,23)(H,22,24). The quantitative estimate of drug-likeness (QED) is 0.740. The van der Waals surface area contributed by atoms with E-state index in [1.807, 2.05) is 0 Å². The van der Waals surface area contributed by atoms with E-state index in [9.17, 15) is 14.0 Å². The number of amides is 2. The van der Waals surface area contributed by atoms with Gasteiger partial charge in [0.25, 0.3) is 5.91 Å². The highest BCUT2D eigenvalue weighted by atomic mass is 32.2. The maximum absolute atomic E-state index is 13.5. The van der Waals surface area contributed by atoms with E-state index in [-0.39, 0.29) is 24.1 Å². The fourth-order valence-corrected chi connectivity index (χ4v) is 3.16. The summed E-state index contributed by atoms with van der Waals surface area (Å²) in [6.45, 7) is 0. The number of carbonyl (C=O) groups excluding carboxylic acids is 2. The summed E-state index contributed by atoms with van der Waals surface area (Å²) in [7, 11) is 0. The van der Waals surface area contributed by atoms with Crippen LogP contribution in [0.1, 0.15) is 29.6 Å². The van der Waals surface area contributed by atoms with Gasteiger partial charge < -0.3 is 10.6 Å². The minimum Gasteiger partial charge on any atom is -0.349 e. The SMILES string of the molecule is O=C(CCSc1ccccc1F)Nc1cccc(C(=O)NC2CC2)c1. The number of carbonyl (C=O) groups is 2. The Bertz CT molecular complexity index is 778. The molecule has 2 N–H and O–H groups in total. The first-order valence-electron chi connectivity index (χ1n) is 8.20. The Hall–Kier alpha value is -2.34. The number of hydrogen-bond donors (Lipinski definition) is 2.